The number of pyridine rings is 1. The fourth-order valence-electron chi connectivity index (χ4n) is 1.57. The van der Waals surface area contributed by atoms with Crippen LogP contribution in [0.3, 0.4) is 0 Å². The minimum absolute atomic E-state index is 0.0802. The Labute approximate surface area is 120 Å². The Morgan fingerprint density at radius 2 is 2.00 bits per heavy atom. The number of benzene rings is 1. The number of aryl methyl sites for hydroxylation is 1. The van der Waals surface area contributed by atoms with E-state index in [2.05, 4.69) is 10.3 Å². The summed E-state index contributed by atoms with van der Waals surface area (Å²) in [5, 5.41) is 13.0. The maximum Gasteiger partial charge on any atom is 0.339 e. The van der Waals surface area contributed by atoms with Crippen molar-refractivity contribution in [2.75, 3.05) is 5.32 Å². The quantitative estimate of drug-likeness (QED) is 0.893. The maximum atomic E-state index is 11.1. The first-order valence-corrected chi connectivity index (χ1v) is 6.15. The molecular formula is C13H10Cl2N2O2. The van der Waals surface area contributed by atoms with Crippen molar-refractivity contribution in [3.05, 3.63) is 51.8 Å². The van der Waals surface area contributed by atoms with E-state index < -0.39 is 5.97 Å². The third-order valence-electron chi connectivity index (χ3n) is 2.47. The van der Waals surface area contributed by atoms with Crippen LogP contribution >= 0.6 is 23.2 Å². The summed E-state index contributed by atoms with van der Waals surface area (Å²) < 4.78 is 0. The van der Waals surface area contributed by atoms with Crippen LogP contribution in [0.5, 0.6) is 0 Å². The number of nitrogens with zero attached hydrogens (tertiary/aromatic N) is 1. The molecule has 98 valence electrons. The molecule has 0 saturated carbocycles. The highest BCUT2D eigenvalue weighted by Gasteiger charge is 2.12. The molecule has 0 aliphatic carbocycles. The minimum Gasteiger partial charge on any atom is -0.478 e. The van der Waals surface area contributed by atoms with Crippen molar-refractivity contribution in [1.29, 1.82) is 0 Å². The topological polar surface area (TPSA) is 62.2 Å². The summed E-state index contributed by atoms with van der Waals surface area (Å²) in [5.41, 5.74) is 1.80. The van der Waals surface area contributed by atoms with Crippen molar-refractivity contribution in [1.82, 2.24) is 4.98 Å². The minimum atomic E-state index is -1.06. The zero-order valence-electron chi connectivity index (χ0n) is 9.95. The third-order valence-corrected chi connectivity index (χ3v) is 3.02. The fraction of sp³-hybridized carbons (Fsp3) is 0.0769. The van der Waals surface area contributed by atoms with Crippen molar-refractivity contribution < 1.29 is 9.90 Å². The highest BCUT2D eigenvalue weighted by Crippen LogP contribution is 2.29. The molecule has 0 unspecified atom stereocenters. The lowest BCUT2D eigenvalue weighted by atomic mass is 10.2. The Bertz CT molecular complexity index is 645. The molecule has 0 radical (unpaired) electrons. The molecule has 1 heterocycles. The zero-order valence-corrected chi connectivity index (χ0v) is 11.5. The number of halogens is 2. The van der Waals surface area contributed by atoms with E-state index >= 15 is 0 Å². The predicted molar refractivity (Wildman–Crippen MR) is 75.7 cm³/mol. The molecule has 0 atom stereocenters. The Hall–Kier alpha value is -1.78. The van der Waals surface area contributed by atoms with Gasteiger partial charge in [0.2, 0.25) is 0 Å². The fourth-order valence-corrected chi connectivity index (χ4v) is 2.03. The van der Waals surface area contributed by atoms with Crippen LogP contribution in [0.4, 0.5) is 11.4 Å². The number of carboxylic acid groups (broad SMARTS) is 1. The summed E-state index contributed by atoms with van der Waals surface area (Å²) in [6.07, 6.45) is 1.31. The number of rotatable bonds is 3. The summed E-state index contributed by atoms with van der Waals surface area (Å²) in [6, 6.07) is 6.59. The number of carboxylic acids is 1. The van der Waals surface area contributed by atoms with Gasteiger partial charge in [0.1, 0.15) is 5.56 Å². The molecule has 2 aromatic rings. The Kier molecular flexibility index (Phi) is 3.93. The van der Waals surface area contributed by atoms with Crippen LogP contribution in [0.25, 0.3) is 0 Å². The first-order chi connectivity index (χ1) is 8.97. The summed E-state index contributed by atoms with van der Waals surface area (Å²) in [4.78, 5) is 15.1. The lowest BCUT2D eigenvalue weighted by molar-refractivity contribution is 0.0697. The number of hydrogen-bond donors (Lipinski definition) is 2. The van der Waals surface area contributed by atoms with Crippen LogP contribution in [-0.2, 0) is 0 Å². The summed E-state index contributed by atoms with van der Waals surface area (Å²) >= 11 is 11.9. The summed E-state index contributed by atoms with van der Waals surface area (Å²) in [6.45, 7) is 1.78. The van der Waals surface area contributed by atoms with Crippen LogP contribution in [0.2, 0.25) is 10.0 Å². The predicted octanol–water partition coefficient (Wildman–Crippen LogP) is 4.14. The first kappa shape index (κ1) is 13.6. The largest absolute Gasteiger partial charge is 0.478 e. The normalized spacial score (nSPS) is 10.3. The Balaban J connectivity index is 2.42. The number of nitrogens with one attached hydrogen (secondary N) is 1. The van der Waals surface area contributed by atoms with Gasteiger partial charge in [0.25, 0.3) is 0 Å². The molecule has 2 rings (SSSR count). The third kappa shape index (κ3) is 3.16. The average molecular weight is 297 g/mol. The van der Waals surface area contributed by atoms with Crippen molar-refractivity contribution in [3.63, 3.8) is 0 Å². The van der Waals surface area contributed by atoms with Gasteiger partial charge >= 0.3 is 5.97 Å². The van der Waals surface area contributed by atoms with Crippen LogP contribution < -0.4 is 5.32 Å². The van der Waals surface area contributed by atoms with Crippen LogP contribution in [0, 0.1) is 6.92 Å². The van der Waals surface area contributed by atoms with Crippen LogP contribution in [-0.4, -0.2) is 16.1 Å². The van der Waals surface area contributed by atoms with E-state index in [-0.39, 0.29) is 5.56 Å². The molecule has 6 heteroatoms. The SMILES string of the molecule is Cc1cc(Nc2ccc(Cl)cc2Cl)c(C(=O)O)cn1. The molecule has 0 bridgehead atoms. The number of aromatic carboxylic acids is 1. The molecule has 1 aromatic carbocycles. The van der Waals surface area contributed by atoms with Gasteiger partial charge in [-0.05, 0) is 31.2 Å². The molecule has 0 saturated heterocycles. The van der Waals surface area contributed by atoms with E-state index in [1.54, 1.807) is 31.2 Å². The van der Waals surface area contributed by atoms with E-state index in [0.29, 0.717) is 27.1 Å². The number of carbonyl (C=O) groups is 1. The molecule has 2 N–H and O–H groups in total. The molecule has 4 nitrogen and oxygen atoms in total. The van der Waals surface area contributed by atoms with E-state index in [1.807, 2.05) is 0 Å². The highest BCUT2D eigenvalue weighted by molar-refractivity contribution is 6.36. The lowest BCUT2D eigenvalue weighted by Gasteiger charge is -2.11. The van der Waals surface area contributed by atoms with Gasteiger partial charge in [-0.2, -0.15) is 0 Å². The van der Waals surface area contributed by atoms with Gasteiger partial charge in [-0.1, -0.05) is 23.2 Å². The van der Waals surface area contributed by atoms with E-state index in [9.17, 15) is 4.79 Å². The lowest BCUT2D eigenvalue weighted by Crippen LogP contribution is -2.04. The van der Waals surface area contributed by atoms with Crippen LogP contribution in [0.15, 0.2) is 30.5 Å². The second-order valence-electron chi connectivity index (χ2n) is 3.93. The van der Waals surface area contributed by atoms with Crippen LogP contribution in [0.1, 0.15) is 16.1 Å². The van der Waals surface area contributed by atoms with Crippen molar-refractivity contribution in [2.24, 2.45) is 0 Å². The maximum absolute atomic E-state index is 11.1. The molecule has 0 fully saturated rings. The van der Waals surface area contributed by atoms with Gasteiger partial charge in [-0.3, -0.25) is 4.98 Å². The van der Waals surface area contributed by atoms with Gasteiger partial charge in [-0.25, -0.2) is 4.79 Å². The number of hydrogen-bond acceptors (Lipinski definition) is 3. The molecule has 0 aliphatic heterocycles. The van der Waals surface area contributed by atoms with Gasteiger partial charge in [0.05, 0.1) is 16.4 Å². The molecule has 0 spiro atoms. The molecule has 19 heavy (non-hydrogen) atoms. The summed E-state index contributed by atoms with van der Waals surface area (Å²) in [7, 11) is 0. The van der Waals surface area contributed by atoms with E-state index in [4.69, 9.17) is 28.3 Å². The van der Waals surface area contributed by atoms with Gasteiger partial charge in [0.15, 0.2) is 0 Å². The monoisotopic (exact) mass is 296 g/mol. The van der Waals surface area contributed by atoms with Gasteiger partial charge in [-0.15, -0.1) is 0 Å². The number of aromatic nitrogens is 1. The Morgan fingerprint density at radius 3 is 2.63 bits per heavy atom. The van der Waals surface area contributed by atoms with Crippen molar-refractivity contribution >= 4 is 40.5 Å². The van der Waals surface area contributed by atoms with E-state index in [0.717, 1.165) is 0 Å². The highest BCUT2D eigenvalue weighted by atomic mass is 35.5. The van der Waals surface area contributed by atoms with Crippen molar-refractivity contribution in [2.45, 2.75) is 6.92 Å². The molecule has 0 aliphatic rings. The van der Waals surface area contributed by atoms with Crippen molar-refractivity contribution in [3.8, 4) is 0 Å². The standard InChI is InChI=1S/C13H10Cl2N2O2/c1-7-4-12(9(6-16-7)13(18)19)17-11-3-2-8(14)5-10(11)15/h2-6H,1H3,(H,16,17)(H,18,19). The first-order valence-electron chi connectivity index (χ1n) is 5.39. The average Bonchev–Trinajstić information content (AvgIpc) is 2.32. The molecular weight excluding hydrogens is 287 g/mol. The second-order valence-corrected chi connectivity index (χ2v) is 4.77. The van der Waals surface area contributed by atoms with Gasteiger partial charge < -0.3 is 10.4 Å². The zero-order chi connectivity index (χ0) is 14.0. The number of anilines is 2. The molecule has 1 aromatic heterocycles. The summed E-state index contributed by atoms with van der Waals surface area (Å²) in [5.74, 6) is -1.06. The molecule has 0 amide bonds. The smallest absolute Gasteiger partial charge is 0.339 e. The van der Waals surface area contributed by atoms with E-state index in [1.165, 1.54) is 6.20 Å². The Morgan fingerprint density at radius 1 is 1.26 bits per heavy atom. The second kappa shape index (κ2) is 5.47. The van der Waals surface area contributed by atoms with Gasteiger partial charge in [0, 0.05) is 16.9 Å².